The number of nitrogens with one attached hydrogen (secondary N) is 1. The van der Waals surface area contributed by atoms with Crippen molar-refractivity contribution >= 4 is 33.4 Å². The van der Waals surface area contributed by atoms with Crippen LogP contribution in [0.2, 0.25) is 5.02 Å². The van der Waals surface area contributed by atoms with Crippen molar-refractivity contribution in [1.82, 2.24) is 10.2 Å². The summed E-state index contributed by atoms with van der Waals surface area (Å²) in [4.78, 5) is 14.3. The summed E-state index contributed by atoms with van der Waals surface area (Å²) in [6.45, 7) is 2.78. The number of rotatable bonds is 5. The van der Waals surface area contributed by atoms with Crippen molar-refractivity contribution in [1.29, 1.82) is 0 Å². The molecule has 0 aliphatic heterocycles. The average Bonchev–Trinajstić information content (AvgIpc) is 3.22. The lowest BCUT2D eigenvalue weighted by atomic mass is 10.2. The Hall–Kier alpha value is -0.580. The molecular weight excluding hydrogens is 328 g/mol. The molecule has 19 heavy (non-hydrogen) atoms. The zero-order chi connectivity index (χ0) is 14.0. The highest BCUT2D eigenvalue weighted by Gasteiger charge is 2.29. The first-order valence-corrected chi connectivity index (χ1v) is 7.61. The van der Waals surface area contributed by atoms with Gasteiger partial charge in [-0.25, -0.2) is 0 Å². The second-order valence-corrected chi connectivity index (χ2v) is 6.35. The Kier molecular flexibility index (Phi) is 4.87. The fourth-order valence-electron chi connectivity index (χ4n) is 1.97. The van der Waals surface area contributed by atoms with Crippen molar-refractivity contribution in [3.8, 4) is 0 Å². The number of amides is 1. The minimum atomic E-state index is -0.0783. The van der Waals surface area contributed by atoms with E-state index in [1.165, 1.54) is 12.8 Å². The van der Waals surface area contributed by atoms with Gasteiger partial charge in [0.2, 0.25) is 0 Å². The standard InChI is InChI=1S/C14H18BrClN2O/c1-9(18(2)11-4-5-11)8-17-14(19)10-3-6-12(15)13(16)7-10/h3,6-7,9,11H,4-5,8H2,1-2H3,(H,17,19). The molecule has 0 spiro atoms. The highest BCUT2D eigenvalue weighted by atomic mass is 79.9. The molecule has 1 atom stereocenters. The topological polar surface area (TPSA) is 32.3 Å². The zero-order valence-electron chi connectivity index (χ0n) is 11.1. The number of hydrogen-bond donors (Lipinski definition) is 1. The molecule has 0 radical (unpaired) electrons. The monoisotopic (exact) mass is 344 g/mol. The maximum Gasteiger partial charge on any atom is 0.251 e. The molecule has 1 saturated carbocycles. The molecule has 0 heterocycles. The SMILES string of the molecule is CC(CNC(=O)c1ccc(Br)c(Cl)c1)N(C)C1CC1. The maximum absolute atomic E-state index is 12.0. The molecule has 1 amide bonds. The molecule has 0 aromatic heterocycles. The van der Waals surface area contributed by atoms with E-state index >= 15 is 0 Å². The first-order chi connectivity index (χ1) is 8.99. The zero-order valence-corrected chi connectivity index (χ0v) is 13.5. The van der Waals surface area contributed by atoms with E-state index in [4.69, 9.17) is 11.6 Å². The van der Waals surface area contributed by atoms with Gasteiger partial charge >= 0.3 is 0 Å². The summed E-state index contributed by atoms with van der Waals surface area (Å²) in [5.74, 6) is -0.0783. The average molecular weight is 346 g/mol. The number of benzene rings is 1. The van der Waals surface area contributed by atoms with E-state index in [1.807, 2.05) is 0 Å². The van der Waals surface area contributed by atoms with Gasteiger partial charge in [0.1, 0.15) is 0 Å². The summed E-state index contributed by atoms with van der Waals surface area (Å²) in [6, 6.07) is 6.28. The van der Waals surface area contributed by atoms with Crippen LogP contribution in [0.15, 0.2) is 22.7 Å². The second kappa shape index (κ2) is 6.25. The van der Waals surface area contributed by atoms with Crippen molar-refractivity contribution < 1.29 is 4.79 Å². The highest BCUT2D eigenvalue weighted by molar-refractivity contribution is 9.10. The summed E-state index contributed by atoms with van der Waals surface area (Å²) in [6.07, 6.45) is 2.55. The van der Waals surface area contributed by atoms with Crippen molar-refractivity contribution in [2.24, 2.45) is 0 Å². The van der Waals surface area contributed by atoms with Crippen molar-refractivity contribution in [2.45, 2.75) is 31.8 Å². The van der Waals surface area contributed by atoms with E-state index in [0.717, 1.165) is 4.47 Å². The third-order valence-electron chi connectivity index (χ3n) is 3.56. The Bertz CT molecular complexity index is 477. The summed E-state index contributed by atoms with van der Waals surface area (Å²) in [7, 11) is 2.12. The van der Waals surface area contributed by atoms with Crippen LogP contribution in [0.4, 0.5) is 0 Å². The van der Waals surface area contributed by atoms with Gasteiger partial charge in [0, 0.05) is 28.7 Å². The maximum atomic E-state index is 12.0. The molecule has 1 fully saturated rings. The molecule has 1 aliphatic carbocycles. The fraction of sp³-hybridized carbons (Fsp3) is 0.500. The molecule has 1 N–H and O–H groups in total. The first kappa shape index (κ1) is 14.8. The van der Waals surface area contributed by atoms with Crippen LogP contribution in [-0.2, 0) is 0 Å². The van der Waals surface area contributed by atoms with Gasteiger partial charge < -0.3 is 5.32 Å². The van der Waals surface area contributed by atoms with Crippen LogP contribution in [0.1, 0.15) is 30.1 Å². The van der Waals surface area contributed by atoms with Crippen LogP contribution >= 0.6 is 27.5 Å². The molecule has 1 aromatic rings. The molecule has 3 nitrogen and oxygen atoms in total. The lowest BCUT2D eigenvalue weighted by Crippen LogP contribution is -2.41. The van der Waals surface area contributed by atoms with E-state index < -0.39 is 0 Å². The van der Waals surface area contributed by atoms with E-state index in [0.29, 0.717) is 29.2 Å². The molecule has 0 saturated heterocycles. The molecule has 1 aromatic carbocycles. The Morgan fingerprint density at radius 1 is 1.58 bits per heavy atom. The van der Waals surface area contributed by atoms with Gasteiger partial charge in [-0.3, -0.25) is 9.69 Å². The van der Waals surface area contributed by atoms with E-state index in [9.17, 15) is 4.79 Å². The molecule has 1 unspecified atom stereocenters. The van der Waals surface area contributed by atoms with Crippen molar-refractivity contribution in [3.63, 3.8) is 0 Å². The van der Waals surface area contributed by atoms with Crippen molar-refractivity contribution in [3.05, 3.63) is 33.3 Å². The van der Waals surface area contributed by atoms with Crippen molar-refractivity contribution in [2.75, 3.05) is 13.6 Å². The quantitative estimate of drug-likeness (QED) is 0.888. The highest BCUT2D eigenvalue weighted by Crippen LogP contribution is 2.26. The van der Waals surface area contributed by atoms with E-state index in [-0.39, 0.29) is 5.91 Å². The predicted molar refractivity (Wildman–Crippen MR) is 81.7 cm³/mol. The number of carbonyl (C=O) groups excluding carboxylic acids is 1. The summed E-state index contributed by atoms with van der Waals surface area (Å²) in [5.41, 5.74) is 0.592. The number of carbonyl (C=O) groups is 1. The summed E-state index contributed by atoms with van der Waals surface area (Å²) < 4.78 is 0.799. The van der Waals surface area contributed by atoms with Crippen LogP contribution < -0.4 is 5.32 Å². The molecule has 1 aliphatic rings. The molecular formula is C14H18BrClN2O. The smallest absolute Gasteiger partial charge is 0.251 e. The van der Waals surface area contributed by atoms with Crippen LogP contribution in [0.25, 0.3) is 0 Å². The Morgan fingerprint density at radius 3 is 2.84 bits per heavy atom. The van der Waals surface area contributed by atoms with Gasteiger partial charge in [0.15, 0.2) is 0 Å². The Balaban J connectivity index is 1.88. The molecule has 2 rings (SSSR count). The fourth-order valence-corrected chi connectivity index (χ4v) is 2.39. The lowest BCUT2D eigenvalue weighted by molar-refractivity contribution is 0.0939. The summed E-state index contributed by atoms with van der Waals surface area (Å²) >= 11 is 9.30. The lowest BCUT2D eigenvalue weighted by Gasteiger charge is -2.24. The van der Waals surface area contributed by atoms with Crippen LogP contribution in [0, 0.1) is 0 Å². The summed E-state index contributed by atoms with van der Waals surface area (Å²) in [5, 5.41) is 3.51. The first-order valence-electron chi connectivity index (χ1n) is 6.44. The van der Waals surface area contributed by atoms with Crippen LogP contribution in [-0.4, -0.2) is 36.5 Å². The van der Waals surface area contributed by atoms with Gasteiger partial charge in [0.05, 0.1) is 5.02 Å². The van der Waals surface area contributed by atoms with E-state index in [1.54, 1.807) is 18.2 Å². The second-order valence-electron chi connectivity index (χ2n) is 5.08. The number of likely N-dealkylation sites (N-methyl/N-ethyl adjacent to an activating group) is 1. The minimum absolute atomic E-state index is 0.0783. The predicted octanol–water partition coefficient (Wildman–Crippen LogP) is 3.32. The third kappa shape index (κ3) is 3.94. The van der Waals surface area contributed by atoms with E-state index in [2.05, 4.69) is 40.1 Å². The number of hydrogen-bond acceptors (Lipinski definition) is 2. The van der Waals surface area contributed by atoms with Gasteiger partial charge in [-0.2, -0.15) is 0 Å². The van der Waals surface area contributed by atoms with Crippen LogP contribution in [0.3, 0.4) is 0 Å². The normalized spacial score (nSPS) is 16.5. The van der Waals surface area contributed by atoms with Crippen LogP contribution in [0.5, 0.6) is 0 Å². The van der Waals surface area contributed by atoms with Gasteiger partial charge in [0.25, 0.3) is 5.91 Å². The van der Waals surface area contributed by atoms with Gasteiger partial charge in [-0.15, -0.1) is 0 Å². The number of halogens is 2. The van der Waals surface area contributed by atoms with Gasteiger partial charge in [-0.05, 0) is 60.9 Å². The Labute approximate surface area is 127 Å². The Morgan fingerprint density at radius 2 is 2.26 bits per heavy atom. The largest absolute Gasteiger partial charge is 0.350 e. The number of nitrogens with zero attached hydrogens (tertiary/aromatic N) is 1. The minimum Gasteiger partial charge on any atom is -0.350 e. The molecule has 0 bridgehead atoms. The van der Waals surface area contributed by atoms with Gasteiger partial charge in [-0.1, -0.05) is 11.6 Å². The molecule has 5 heteroatoms. The third-order valence-corrected chi connectivity index (χ3v) is 4.79. The molecule has 104 valence electrons.